The molecule has 0 radical (unpaired) electrons. The van der Waals surface area contributed by atoms with Gasteiger partial charge in [0.25, 0.3) is 0 Å². The van der Waals surface area contributed by atoms with Gasteiger partial charge in [-0.05, 0) is 61.4 Å². The molecule has 4 rings (SSSR count). The molecule has 0 aliphatic carbocycles. The molecule has 0 amide bonds. The van der Waals surface area contributed by atoms with Crippen molar-refractivity contribution in [2.24, 2.45) is 0 Å². The monoisotopic (exact) mass is 542 g/mol. The fourth-order valence-corrected chi connectivity index (χ4v) is 5.69. The number of aromatic nitrogens is 2. The number of rotatable bonds is 9. The molecule has 6 nitrogen and oxygen atoms in total. The summed E-state index contributed by atoms with van der Waals surface area (Å²) < 4.78 is 0. The van der Waals surface area contributed by atoms with Crippen molar-refractivity contribution in [3.8, 4) is 10.0 Å². The highest BCUT2D eigenvalue weighted by Gasteiger charge is 2.20. The second kappa shape index (κ2) is 11.7. The lowest BCUT2D eigenvalue weighted by Gasteiger charge is -2.11. The van der Waals surface area contributed by atoms with E-state index in [0.29, 0.717) is 31.2 Å². The van der Waals surface area contributed by atoms with E-state index in [-0.39, 0.29) is 11.6 Å². The molecule has 0 saturated heterocycles. The van der Waals surface area contributed by atoms with E-state index in [4.69, 9.17) is 0 Å². The van der Waals surface area contributed by atoms with E-state index < -0.39 is 0 Å². The number of nitrogens with zero attached hydrogens (tertiary/aromatic N) is 4. The maximum Gasteiger partial charge on any atom is 0.197 e. The Labute approximate surface area is 231 Å². The molecule has 0 aliphatic heterocycles. The highest BCUT2D eigenvalue weighted by atomic mass is 32.1. The van der Waals surface area contributed by atoms with Gasteiger partial charge in [-0.25, -0.2) is 9.97 Å². The molecule has 8 heteroatoms. The zero-order valence-corrected chi connectivity index (χ0v) is 24.0. The molecule has 194 valence electrons. The molecule has 0 N–H and O–H groups in total. The first-order chi connectivity index (χ1) is 18.1. The smallest absolute Gasteiger partial charge is 0.197 e. The van der Waals surface area contributed by atoms with E-state index in [1.54, 1.807) is 12.2 Å². The number of carbonyl (C=O) groups is 2. The van der Waals surface area contributed by atoms with E-state index in [2.05, 4.69) is 9.97 Å². The molecule has 4 aromatic rings. The van der Waals surface area contributed by atoms with Crippen LogP contribution in [-0.4, -0.2) is 49.7 Å². The lowest BCUT2D eigenvalue weighted by Crippen LogP contribution is -2.07. The third-order valence-electron chi connectivity index (χ3n) is 5.90. The van der Waals surface area contributed by atoms with Crippen LogP contribution in [0.2, 0.25) is 0 Å². The minimum Gasteiger partial charge on any atom is -0.378 e. The normalized spacial score (nSPS) is 11.4. The Balaban J connectivity index is 1.48. The third-order valence-corrected chi connectivity index (χ3v) is 8.38. The predicted octanol–water partition coefficient (Wildman–Crippen LogP) is 6.81. The van der Waals surface area contributed by atoms with Gasteiger partial charge in [-0.3, -0.25) is 9.59 Å². The van der Waals surface area contributed by atoms with Crippen molar-refractivity contribution in [1.29, 1.82) is 0 Å². The van der Waals surface area contributed by atoms with Gasteiger partial charge in [0.1, 0.15) is 0 Å². The SMILES string of the molecule is Cc1nc(-c2nc(C)c(C(=O)/C=C/c3ccc(N(C)C)cc3)s2)sc1C(=O)/C=C/c1ccc(N(C)C)cc1. The molecule has 0 spiro atoms. The standard InChI is InChI=1S/C30H30N4O2S2/c1-19-27(25(35)17-11-21-7-13-23(14-8-21)33(3)4)37-29(31-19)30-32-20(2)28(38-30)26(36)18-12-22-9-15-24(16-10-22)34(5)6/h7-18H,1-6H3/b17-11+,18-12+. The Bertz CT molecular complexity index is 1390. The van der Waals surface area contributed by atoms with E-state index in [9.17, 15) is 9.59 Å². The largest absolute Gasteiger partial charge is 0.378 e. The van der Waals surface area contributed by atoms with Gasteiger partial charge in [0.2, 0.25) is 0 Å². The Morgan fingerprint density at radius 2 is 0.974 bits per heavy atom. The van der Waals surface area contributed by atoms with Crippen molar-refractivity contribution in [3.63, 3.8) is 0 Å². The summed E-state index contributed by atoms with van der Waals surface area (Å²) in [5, 5.41) is 1.29. The Morgan fingerprint density at radius 1 is 0.632 bits per heavy atom. The number of hydrogen-bond donors (Lipinski definition) is 0. The molecule has 0 saturated carbocycles. The van der Waals surface area contributed by atoms with E-state index in [1.165, 1.54) is 22.7 Å². The van der Waals surface area contributed by atoms with Gasteiger partial charge in [-0.2, -0.15) is 0 Å². The van der Waals surface area contributed by atoms with E-state index in [0.717, 1.165) is 22.5 Å². The molecule has 0 fully saturated rings. The average Bonchev–Trinajstić information content (AvgIpc) is 3.48. The number of allylic oxidation sites excluding steroid dienone is 2. The first kappa shape index (κ1) is 27.2. The molecular weight excluding hydrogens is 512 g/mol. The molecule has 0 aliphatic rings. The van der Waals surface area contributed by atoms with Gasteiger partial charge in [0.05, 0.1) is 21.1 Å². The second-order valence-electron chi connectivity index (χ2n) is 9.23. The fourth-order valence-electron chi connectivity index (χ4n) is 3.70. The quantitative estimate of drug-likeness (QED) is 0.171. The van der Waals surface area contributed by atoms with Crippen LogP contribution in [0.15, 0.2) is 60.7 Å². The number of ketones is 2. The molecule has 2 aromatic carbocycles. The van der Waals surface area contributed by atoms with Crippen molar-refractivity contribution in [3.05, 3.63) is 93.0 Å². The zero-order chi connectivity index (χ0) is 27.4. The molecule has 0 bridgehead atoms. The summed E-state index contributed by atoms with van der Waals surface area (Å²) in [7, 11) is 7.96. The summed E-state index contributed by atoms with van der Waals surface area (Å²) in [6.07, 6.45) is 6.77. The van der Waals surface area contributed by atoms with Crippen LogP contribution in [0.25, 0.3) is 22.2 Å². The first-order valence-corrected chi connectivity index (χ1v) is 13.7. The zero-order valence-electron chi connectivity index (χ0n) is 22.4. The lowest BCUT2D eigenvalue weighted by molar-refractivity contribution is 0.104. The topological polar surface area (TPSA) is 66.4 Å². The minimum atomic E-state index is -0.101. The van der Waals surface area contributed by atoms with Gasteiger partial charge in [-0.1, -0.05) is 36.4 Å². The fraction of sp³-hybridized carbons (Fsp3) is 0.200. The Kier molecular flexibility index (Phi) is 8.34. The third kappa shape index (κ3) is 6.33. The molecule has 0 unspecified atom stereocenters. The van der Waals surface area contributed by atoms with Crippen molar-refractivity contribution in [2.75, 3.05) is 38.0 Å². The lowest BCUT2D eigenvalue weighted by atomic mass is 10.1. The highest BCUT2D eigenvalue weighted by Crippen LogP contribution is 2.33. The first-order valence-electron chi connectivity index (χ1n) is 12.1. The van der Waals surface area contributed by atoms with Crippen LogP contribution in [-0.2, 0) is 0 Å². The predicted molar refractivity (Wildman–Crippen MR) is 161 cm³/mol. The number of anilines is 2. The summed E-state index contributed by atoms with van der Waals surface area (Å²) in [5.74, 6) is -0.202. The molecule has 2 aromatic heterocycles. The van der Waals surface area contributed by atoms with Gasteiger partial charge in [-0.15, -0.1) is 22.7 Å². The van der Waals surface area contributed by atoms with Gasteiger partial charge < -0.3 is 9.80 Å². The summed E-state index contributed by atoms with van der Waals surface area (Å²) in [6.45, 7) is 3.65. The summed E-state index contributed by atoms with van der Waals surface area (Å²) >= 11 is 2.61. The van der Waals surface area contributed by atoms with Crippen LogP contribution < -0.4 is 9.80 Å². The van der Waals surface area contributed by atoms with Gasteiger partial charge in [0.15, 0.2) is 21.6 Å². The van der Waals surface area contributed by atoms with Crippen molar-refractivity contribution in [1.82, 2.24) is 9.97 Å². The van der Waals surface area contributed by atoms with Crippen LogP contribution in [0, 0.1) is 13.8 Å². The Hall–Kier alpha value is -3.88. The molecule has 38 heavy (non-hydrogen) atoms. The summed E-state index contributed by atoms with van der Waals surface area (Å²) in [4.78, 5) is 40.2. The molecule has 0 atom stereocenters. The number of aryl methyl sites for hydroxylation is 2. The van der Waals surface area contributed by atoms with Crippen LogP contribution >= 0.6 is 22.7 Å². The van der Waals surface area contributed by atoms with Gasteiger partial charge >= 0.3 is 0 Å². The second-order valence-corrected chi connectivity index (χ2v) is 11.2. The number of carbonyl (C=O) groups excluding carboxylic acids is 2. The van der Waals surface area contributed by atoms with Crippen LogP contribution in [0.3, 0.4) is 0 Å². The Morgan fingerprint density at radius 3 is 1.29 bits per heavy atom. The maximum atomic E-state index is 12.9. The minimum absolute atomic E-state index is 0.101. The number of benzene rings is 2. The summed E-state index contributed by atoms with van der Waals surface area (Å²) in [5.41, 5.74) is 5.41. The van der Waals surface area contributed by atoms with E-state index >= 15 is 0 Å². The van der Waals surface area contributed by atoms with E-state index in [1.807, 2.05) is 113 Å². The van der Waals surface area contributed by atoms with Crippen molar-refractivity contribution >= 4 is 57.8 Å². The van der Waals surface area contributed by atoms with Crippen LogP contribution in [0.5, 0.6) is 0 Å². The molecular formula is C30H30N4O2S2. The van der Waals surface area contributed by atoms with Crippen LogP contribution in [0.4, 0.5) is 11.4 Å². The van der Waals surface area contributed by atoms with Crippen molar-refractivity contribution in [2.45, 2.75) is 13.8 Å². The maximum absolute atomic E-state index is 12.9. The average molecular weight is 543 g/mol. The number of thiazole rings is 2. The molecule has 2 heterocycles. The number of hydrogen-bond acceptors (Lipinski definition) is 8. The van der Waals surface area contributed by atoms with Crippen molar-refractivity contribution < 1.29 is 9.59 Å². The van der Waals surface area contributed by atoms with Crippen LogP contribution in [0.1, 0.15) is 41.9 Å². The van der Waals surface area contributed by atoms with Gasteiger partial charge in [0, 0.05) is 39.6 Å². The highest BCUT2D eigenvalue weighted by molar-refractivity contribution is 7.23. The summed E-state index contributed by atoms with van der Waals surface area (Å²) in [6, 6.07) is 16.0.